The minimum atomic E-state index is -1.07. The number of carbonyl (C=O) groups is 2. The molecule has 5 heteroatoms. The van der Waals surface area contributed by atoms with Gasteiger partial charge in [0.05, 0.1) is 29.7 Å². The van der Waals surface area contributed by atoms with Crippen LogP contribution < -0.4 is 4.90 Å². The maximum absolute atomic E-state index is 13.0. The van der Waals surface area contributed by atoms with Crippen molar-refractivity contribution in [2.75, 3.05) is 11.5 Å². The lowest BCUT2D eigenvalue weighted by atomic mass is 9.73. The van der Waals surface area contributed by atoms with Crippen molar-refractivity contribution in [3.05, 3.63) is 41.5 Å². The number of aliphatic hydroxyl groups is 1. The lowest BCUT2D eigenvalue weighted by molar-refractivity contribution is -0.131. The number of fused-ring (bicyclic) bond motifs is 5. The summed E-state index contributed by atoms with van der Waals surface area (Å²) in [4.78, 5) is 27.2. The Morgan fingerprint density at radius 2 is 1.83 bits per heavy atom. The number of benzene rings is 1. The molecule has 2 amide bonds. The Morgan fingerprint density at radius 1 is 1.13 bits per heavy atom. The molecule has 5 nitrogen and oxygen atoms in total. The molecule has 1 N–H and O–H groups in total. The molecule has 2 bridgehead atoms. The van der Waals surface area contributed by atoms with Gasteiger partial charge < -0.3 is 9.84 Å². The van der Waals surface area contributed by atoms with Crippen molar-refractivity contribution >= 4 is 17.5 Å². The summed E-state index contributed by atoms with van der Waals surface area (Å²) in [5.41, 5.74) is 0.834. The van der Waals surface area contributed by atoms with E-state index in [0.29, 0.717) is 5.69 Å². The molecular weight excluding hydrogens is 294 g/mol. The van der Waals surface area contributed by atoms with Crippen LogP contribution in [0.3, 0.4) is 0 Å². The molecule has 0 aromatic heterocycles. The molecule has 0 spiro atoms. The van der Waals surface area contributed by atoms with E-state index < -0.39 is 23.0 Å². The van der Waals surface area contributed by atoms with E-state index in [9.17, 15) is 14.7 Å². The highest BCUT2D eigenvalue weighted by Gasteiger charge is 2.72. The van der Waals surface area contributed by atoms with Crippen molar-refractivity contribution in [2.24, 2.45) is 11.8 Å². The topological polar surface area (TPSA) is 66.8 Å². The number of ether oxygens (including phenoxy) is 1. The quantitative estimate of drug-likeness (QED) is 0.664. The molecule has 0 saturated carbocycles. The highest BCUT2D eigenvalue weighted by atomic mass is 16.5. The number of imide groups is 1. The number of rotatable bonds is 2. The molecule has 3 aliphatic heterocycles. The Labute approximate surface area is 134 Å². The second-order valence-corrected chi connectivity index (χ2v) is 6.97. The van der Waals surface area contributed by atoms with Gasteiger partial charge in [-0.2, -0.15) is 0 Å². The Morgan fingerprint density at radius 3 is 2.48 bits per heavy atom. The van der Waals surface area contributed by atoms with Crippen molar-refractivity contribution < 1.29 is 19.4 Å². The van der Waals surface area contributed by atoms with Crippen LogP contribution in [0.1, 0.15) is 18.1 Å². The third-order valence-corrected chi connectivity index (χ3v) is 5.55. The first-order chi connectivity index (χ1) is 10.8. The maximum atomic E-state index is 13.0. The van der Waals surface area contributed by atoms with Crippen LogP contribution >= 0.6 is 0 Å². The van der Waals surface area contributed by atoms with Gasteiger partial charge in [-0.15, -0.1) is 0 Å². The first-order valence-electron chi connectivity index (χ1n) is 7.79. The van der Waals surface area contributed by atoms with E-state index in [1.807, 2.05) is 26.0 Å². The molecule has 0 unspecified atom stereocenters. The Kier molecular flexibility index (Phi) is 2.73. The number of anilines is 1. The summed E-state index contributed by atoms with van der Waals surface area (Å²) in [6.45, 7) is 5.44. The van der Waals surface area contributed by atoms with Gasteiger partial charge in [0, 0.05) is 0 Å². The van der Waals surface area contributed by atoms with Crippen molar-refractivity contribution in [1.82, 2.24) is 0 Å². The van der Waals surface area contributed by atoms with Crippen LogP contribution in [0.2, 0.25) is 0 Å². The maximum Gasteiger partial charge on any atom is 0.241 e. The van der Waals surface area contributed by atoms with Crippen LogP contribution in [0.5, 0.6) is 0 Å². The second kappa shape index (κ2) is 4.30. The fraction of sp³-hybridized carbons (Fsp3) is 0.444. The van der Waals surface area contributed by atoms with Gasteiger partial charge in [0.1, 0.15) is 5.60 Å². The predicted molar refractivity (Wildman–Crippen MR) is 83.8 cm³/mol. The summed E-state index contributed by atoms with van der Waals surface area (Å²) in [7, 11) is 0. The molecule has 120 valence electrons. The number of hydrogen-bond donors (Lipinski definition) is 1. The molecule has 2 fully saturated rings. The van der Waals surface area contributed by atoms with Crippen LogP contribution in [0, 0.1) is 25.7 Å². The Balaban J connectivity index is 1.81. The zero-order valence-corrected chi connectivity index (χ0v) is 13.4. The first kappa shape index (κ1) is 14.6. The van der Waals surface area contributed by atoms with Crippen LogP contribution in [0.15, 0.2) is 30.4 Å². The molecule has 3 heterocycles. The van der Waals surface area contributed by atoms with E-state index in [1.165, 1.54) is 4.90 Å². The first-order valence-corrected chi connectivity index (χ1v) is 7.79. The fourth-order valence-corrected chi connectivity index (χ4v) is 4.16. The van der Waals surface area contributed by atoms with Gasteiger partial charge in [-0.25, -0.2) is 4.90 Å². The lowest BCUT2D eigenvalue weighted by Crippen LogP contribution is -2.43. The zero-order valence-electron chi connectivity index (χ0n) is 13.4. The van der Waals surface area contributed by atoms with Gasteiger partial charge in [-0.3, -0.25) is 9.59 Å². The summed E-state index contributed by atoms with van der Waals surface area (Å²) in [5, 5.41) is 9.79. The minimum absolute atomic E-state index is 0.245. The zero-order chi connectivity index (χ0) is 16.6. The Hall–Kier alpha value is -1.98. The summed E-state index contributed by atoms with van der Waals surface area (Å²) in [5.74, 6) is -1.76. The van der Waals surface area contributed by atoms with E-state index in [1.54, 1.807) is 25.1 Å². The molecule has 2 saturated heterocycles. The monoisotopic (exact) mass is 313 g/mol. The van der Waals surface area contributed by atoms with Gasteiger partial charge in [-0.1, -0.05) is 18.2 Å². The molecule has 23 heavy (non-hydrogen) atoms. The molecule has 4 rings (SSSR count). The number of amides is 2. The molecule has 3 aliphatic rings. The van der Waals surface area contributed by atoms with E-state index in [2.05, 4.69) is 0 Å². The largest absolute Gasteiger partial charge is 0.393 e. The number of carbonyl (C=O) groups excluding carboxylic acids is 2. The molecule has 1 aromatic rings. The summed E-state index contributed by atoms with van der Waals surface area (Å²) in [6.07, 6.45) is 3.54. The van der Waals surface area contributed by atoms with E-state index in [0.717, 1.165) is 11.1 Å². The number of aryl methyl sites for hydroxylation is 2. The summed E-state index contributed by atoms with van der Waals surface area (Å²) in [6, 6.07) is 5.56. The number of nitrogens with zero attached hydrogens (tertiary/aromatic N) is 1. The highest BCUT2D eigenvalue weighted by molar-refractivity contribution is 6.23. The third-order valence-electron chi connectivity index (χ3n) is 5.55. The van der Waals surface area contributed by atoms with E-state index in [-0.39, 0.29) is 18.4 Å². The average molecular weight is 313 g/mol. The molecular formula is C18H19NO4. The van der Waals surface area contributed by atoms with E-state index >= 15 is 0 Å². The van der Waals surface area contributed by atoms with Gasteiger partial charge in [0.25, 0.3) is 0 Å². The van der Waals surface area contributed by atoms with Crippen molar-refractivity contribution in [2.45, 2.75) is 32.0 Å². The second-order valence-electron chi connectivity index (χ2n) is 6.97. The van der Waals surface area contributed by atoms with E-state index in [4.69, 9.17) is 4.74 Å². The SMILES string of the molecule is Cc1ccc(N2C(=O)[C@@H]3[C@H](C2=O)[C@]2(CO)C=C[C@]3(C)O2)cc1C. The molecule has 1 aromatic carbocycles. The van der Waals surface area contributed by atoms with Crippen molar-refractivity contribution in [3.8, 4) is 0 Å². The van der Waals surface area contributed by atoms with Gasteiger partial charge >= 0.3 is 0 Å². The Bertz CT molecular complexity index is 770. The lowest BCUT2D eigenvalue weighted by Gasteiger charge is -2.27. The summed E-state index contributed by atoms with van der Waals surface area (Å²) >= 11 is 0. The third kappa shape index (κ3) is 1.64. The number of aliphatic hydroxyl groups excluding tert-OH is 1. The standard InChI is InChI=1S/C18H19NO4/c1-10-4-5-12(8-11(10)2)19-15(21)13-14(16(19)22)18(9-20)7-6-17(13,3)23-18/h4-8,13-14,20H,9H2,1-3H3/t13-,14+,17-,18+/m0/s1. The van der Waals surface area contributed by atoms with Gasteiger partial charge in [0.2, 0.25) is 11.8 Å². The number of hydrogen-bond acceptors (Lipinski definition) is 4. The summed E-state index contributed by atoms with van der Waals surface area (Å²) < 4.78 is 5.90. The predicted octanol–water partition coefficient (Wildman–Crippen LogP) is 1.50. The minimum Gasteiger partial charge on any atom is -0.393 e. The van der Waals surface area contributed by atoms with Crippen molar-refractivity contribution in [3.63, 3.8) is 0 Å². The fourth-order valence-electron chi connectivity index (χ4n) is 4.16. The molecule has 4 atom stereocenters. The normalized spacial score (nSPS) is 37.8. The van der Waals surface area contributed by atoms with Crippen LogP contribution in [0.25, 0.3) is 0 Å². The average Bonchev–Trinajstić information content (AvgIpc) is 3.09. The smallest absolute Gasteiger partial charge is 0.241 e. The van der Waals surface area contributed by atoms with Crippen molar-refractivity contribution in [1.29, 1.82) is 0 Å². The van der Waals surface area contributed by atoms with Gasteiger partial charge in [0.15, 0.2) is 0 Å². The van der Waals surface area contributed by atoms with Crippen LogP contribution in [-0.2, 0) is 14.3 Å². The van der Waals surface area contributed by atoms with Gasteiger partial charge in [-0.05, 0) is 44.0 Å². The highest BCUT2D eigenvalue weighted by Crippen LogP contribution is 2.57. The van der Waals surface area contributed by atoms with Crippen LogP contribution in [0.4, 0.5) is 5.69 Å². The molecule has 0 aliphatic carbocycles. The van der Waals surface area contributed by atoms with Crippen LogP contribution in [-0.4, -0.2) is 34.7 Å². The molecule has 0 radical (unpaired) electrons.